The van der Waals surface area contributed by atoms with E-state index in [0.29, 0.717) is 18.5 Å². The lowest BCUT2D eigenvalue weighted by atomic mass is 9.96. The van der Waals surface area contributed by atoms with Crippen LogP contribution in [0.2, 0.25) is 0 Å². The first kappa shape index (κ1) is 14.1. The molecule has 0 radical (unpaired) electrons. The second-order valence-electron chi connectivity index (χ2n) is 4.93. The first-order valence-electron chi connectivity index (χ1n) is 7.15. The summed E-state index contributed by atoms with van der Waals surface area (Å²) in [6.07, 6.45) is 9.54. The molecule has 3 aromatic rings. The van der Waals surface area contributed by atoms with Crippen LogP contribution in [-0.4, -0.2) is 32.4 Å². The van der Waals surface area contributed by atoms with E-state index in [0.717, 1.165) is 16.8 Å². The highest BCUT2D eigenvalue weighted by atomic mass is 16.5. The van der Waals surface area contributed by atoms with E-state index in [-0.39, 0.29) is 0 Å². The van der Waals surface area contributed by atoms with E-state index in [1.54, 1.807) is 18.7 Å². The van der Waals surface area contributed by atoms with Crippen LogP contribution in [0.15, 0.2) is 36.9 Å². The number of H-pyrrole nitrogens is 2. The summed E-state index contributed by atoms with van der Waals surface area (Å²) < 4.78 is 5.84. The number of hydrogen-bond donors (Lipinski definition) is 3. The number of aromatic amines is 2. The molecule has 1 aliphatic rings. The number of nitrogens with one attached hydrogen (secondary N) is 3. The number of ether oxygens (including phenoxy) is 1. The van der Waals surface area contributed by atoms with Gasteiger partial charge >= 0.3 is 0 Å². The summed E-state index contributed by atoms with van der Waals surface area (Å²) in [5, 5.41) is 2.34. The van der Waals surface area contributed by atoms with Gasteiger partial charge in [-0.25, -0.2) is 9.97 Å². The summed E-state index contributed by atoms with van der Waals surface area (Å²) in [6, 6.07) is 5.99. The van der Waals surface area contributed by atoms with E-state index in [1.165, 1.54) is 19.3 Å². The second kappa shape index (κ2) is 6.75. The number of fused-ring (bicyclic) bond motifs is 1. The van der Waals surface area contributed by atoms with Crippen molar-refractivity contribution in [3.63, 3.8) is 0 Å². The number of anilines is 1. The lowest BCUT2D eigenvalue weighted by molar-refractivity contribution is -0.105. The molecule has 0 spiro atoms. The van der Waals surface area contributed by atoms with Crippen LogP contribution in [0.5, 0.6) is 5.75 Å². The van der Waals surface area contributed by atoms with Gasteiger partial charge in [-0.15, -0.1) is 0 Å². The van der Waals surface area contributed by atoms with Crippen LogP contribution in [0.4, 0.5) is 5.95 Å². The van der Waals surface area contributed by atoms with Gasteiger partial charge in [0.1, 0.15) is 11.3 Å². The quantitative estimate of drug-likeness (QED) is 0.645. The van der Waals surface area contributed by atoms with E-state index < -0.39 is 0 Å². The number of para-hydroxylation sites is 1. The molecule has 7 nitrogen and oxygen atoms in total. The summed E-state index contributed by atoms with van der Waals surface area (Å²) >= 11 is 0. The SMILES string of the molecule is O=CNc1ncc[nH]1.c1cc(OC2CCC2)c2nc[nH]c2c1. The Morgan fingerprint density at radius 1 is 1.27 bits per heavy atom. The number of hydrogen-bond acceptors (Lipinski definition) is 4. The number of rotatable bonds is 4. The Morgan fingerprint density at radius 3 is 2.86 bits per heavy atom. The Bertz CT molecular complexity index is 718. The maximum absolute atomic E-state index is 9.70. The van der Waals surface area contributed by atoms with Crippen molar-refractivity contribution < 1.29 is 9.53 Å². The Balaban J connectivity index is 0.000000154. The molecule has 0 bridgehead atoms. The molecule has 3 N–H and O–H groups in total. The maximum Gasteiger partial charge on any atom is 0.213 e. The van der Waals surface area contributed by atoms with Crippen molar-refractivity contribution in [2.45, 2.75) is 25.4 Å². The monoisotopic (exact) mass is 299 g/mol. The van der Waals surface area contributed by atoms with Crippen molar-refractivity contribution in [3.8, 4) is 5.75 Å². The molecule has 2 aromatic heterocycles. The van der Waals surface area contributed by atoms with Crippen LogP contribution >= 0.6 is 0 Å². The zero-order chi connectivity index (χ0) is 15.2. The van der Waals surface area contributed by atoms with Gasteiger partial charge in [-0.05, 0) is 31.4 Å². The Kier molecular flexibility index (Phi) is 4.33. The molecule has 22 heavy (non-hydrogen) atoms. The van der Waals surface area contributed by atoms with Gasteiger partial charge in [0.25, 0.3) is 0 Å². The molecule has 1 aliphatic carbocycles. The molecule has 0 atom stereocenters. The Morgan fingerprint density at radius 2 is 2.18 bits per heavy atom. The van der Waals surface area contributed by atoms with Gasteiger partial charge < -0.3 is 14.7 Å². The lowest BCUT2D eigenvalue weighted by Crippen LogP contribution is -2.24. The summed E-state index contributed by atoms with van der Waals surface area (Å²) in [6.45, 7) is 0. The molecule has 1 fully saturated rings. The molecule has 2 heterocycles. The summed E-state index contributed by atoms with van der Waals surface area (Å²) in [5.41, 5.74) is 1.99. The van der Waals surface area contributed by atoms with Gasteiger partial charge in [0.15, 0.2) is 0 Å². The summed E-state index contributed by atoms with van der Waals surface area (Å²) in [4.78, 5) is 23.4. The lowest BCUT2D eigenvalue weighted by Gasteiger charge is -2.26. The number of imidazole rings is 2. The minimum atomic E-state index is 0.414. The van der Waals surface area contributed by atoms with Crippen molar-refractivity contribution in [2.24, 2.45) is 0 Å². The van der Waals surface area contributed by atoms with Gasteiger partial charge in [-0.2, -0.15) is 0 Å². The molecule has 7 heteroatoms. The zero-order valence-corrected chi connectivity index (χ0v) is 12.0. The molecule has 0 saturated heterocycles. The van der Waals surface area contributed by atoms with Gasteiger partial charge in [-0.1, -0.05) is 6.07 Å². The number of aromatic nitrogens is 4. The van der Waals surface area contributed by atoms with Crippen molar-refractivity contribution in [2.75, 3.05) is 5.32 Å². The highest BCUT2D eigenvalue weighted by Gasteiger charge is 2.20. The predicted molar refractivity (Wildman–Crippen MR) is 82.6 cm³/mol. The van der Waals surface area contributed by atoms with Crippen molar-refractivity contribution in [3.05, 3.63) is 36.9 Å². The van der Waals surface area contributed by atoms with Gasteiger partial charge in [0.2, 0.25) is 12.4 Å². The number of benzene rings is 1. The number of carbonyl (C=O) groups excluding carboxylic acids is 1. The summed E-state index contributed by atoms with van der Waals surface area (Å²) in [5.74, 6) is 1.38. The molecular weight excluding hydrogens is 282 g/mol. The molecular formula is C15H17N5O2. The number of carbonyl (C=O) groups is 1. The largest absolute Gasteiger partial charge is 0.488 e. The molecule has 1 amide bonds. The highest BCUT2D eigenvalue weighted by molar-refractivity contribution is 5.81. The molecule has 0 unspecified atom stereocenters. The van der Waals surface area contributed by atoms with Gasteiger partial charge in [0.05, 0.1) is 17.9 Å². The minimum absolute atomic E-state index is 0.414. The fraction of sp³-hybridized carbons (Fsp3) is 0.267. The fourth-order valence-electron chi connectivity index (χ4n) is 2.10. The van der Waals surface area contributed by atoms with Crippen LogP contribution in [0.25, 0.3) is 11.0 Å². The predicted octanol–water partition coefficient (Wildman–Crippen LogP) is 2.47. The van der Waals surface area contributed by atoms with E-state index >= 15 is 0 Å². The topological polar surface area (TPSA) is 95.7 Å². The van der Waals surface area contributed by atoms with Crippen molar-refractivity contribution in [1.29, 1.82) is 0 Å². The van der Waals surface area contributed by atoms with Gasteiger partial charge in [-0.3, -0.25) is 10.1 Å². The van der Waals surface area contributed by atoms with Crippen LogP contribution in [0, 0.1) is 0 Å². The van der Waals surface area contributed by atoms with Crippen LogP contribution < -0.4 is 10.1 Å². The van der Waals surface area contributed by atoms with Gasteiger partial charge in [0, 0.05) is 12.4 Å². The highest BCUT2D eigenvalue weighted by Crippen LogP contribution is 2.29. The van der Waals surface area contributed by atoms with E-state index in [2.05, 4.69) is 25.3 Å². The number of nitrogens with zero attached hydrogens (tertiary/aromatic N) is 2. The molecule has 1 saturated carbocycles. The maximum atomic E-state index is 9.70. The van der Waals surface area contributed by atoms with Crippen molar-refractivity contribution >= 4 is 23.4 Å². The molecule has 4 rings (SSSR count). The third kappa shape index (κ3) is 3.25. The molecule has 1 aromatic carbocycles. The number of amides is 1. The molecule has 114 valence electrons. The average Bonchev–Trinajstić information content (AvgIpc) is 3.15. The fourth-order valence-corrected chi connectivity index (χ4v) is 2.10. The smallest absolute Gasteiger partial charge is 0.213 e. The average molecular weight is 299 g/mol. The van der Waals surface area contributed by atoms with E-state index in [1.807, 2.05) is 18.2 Å². The normalized spacial score (nSPS) is 13.8. The Hall–Kier alpha value is -2.83. The molecule has 0 aliphatic heterocycles. The third-order valence-corrected chi connectivity index (χ3v) is 3.45. The van der Waals surface area contributed by atoms with Crippen LogP contribution in [-0.2, 0) is 4.79 Å². The second-order valence-corrected chi connectivity index (χ2v) is 4.93. The summed E-state index contributed by atoms with van der Waals surface area (Å²) in [7, 11) is 0. The Labute approximate surface area is 127 Å². The van der Waals surface area contributed by atoms with Crippen LogP contribution in [0.3, 0.4) is 0 Å². The standard InChI is InChI=1S/C11H12N2O.C4H5N3O/c1-3-8(4-1)14-10-6-2-5-9-11(10)13-7-12-9;8-3-7-4-5-1-2-6-4/h2,5-8H,1,3-4H2,(H,12,13);1-3H,(H2,5,6,7,8). The minimum Gasteiger partial charge on any atom is -0.488 e. The van der Waals surface area contributed by atoms with Crippen molar-refractivity contribution in [1.82, 2.24) is 19.9 Å². The zero-order valence-electron chi connectivity index (χ0n) is 12.0. The van der Waals surface area contributed by atoms with Crippen LogP contribution in [0.1, 0.15) is 19.3 Å². The van der Waals surface area contributed by atoms with E-state index in [4.69, 9.17) is 4.74 Å². The van der Waals surface area contributed by atoms with E-state index in [9.17, 15) is 4.79 Å². The first-order valence-corrected chi connectivity index (χ1v) is 7.15. The third-order valence-electron chi connectivity index (χ3n) is 3.45. The first-order chi connectivity index (χ1) is 10.9.